The van der Waals surface area contributed by atoms with Gasteiger partial charge >= 0.3 is 0 Å². The van der Waals surface area contributed by atoms with Gasteiger partial charge in [-0.1, -0.05) is 17.7 Å². The average molecular weight is 323 g/mol. The lowest BCUT2D eigenvalue weighted by Gasteiger charge is -2.13. The van der Waals surface area contributed by atoms with Crippen LogP contribution in [0.5, 0.6) is 5.88 Å². The van der Waals surface area contributed by atoms with E-state index in [4.69, 9.17) is 16.3 Å². The second-order valence-corrected chi connectivity index (χ2v) is 5.35. The maximum absolute atomic E-state index is 13.0. The molecule has 1 N–H and O–H groups in total. The van der Waals surface area contributed by atoms with Crippen molar-refractivity contribution in [1.29, 1.82) is 0 Å². The highest BCUT2D eigenvalue weighted by atomic mass is 35.5. The highest BCUT2D eigenvalue weighted by Crippen LogP contribution is 2.19. The van der Waals surface area contributed by atoms with Crippen LogP contribution < -0.4 is 10.1 Å². The summed E-state index contributed by atoms with van der Waals surface area (Å²) in [6.07, 6.45) is 1.61. The third-order valence-corrected chi connectivity index (χ3v) is 3.13. The molecule has 116 valence electrons. The third-order valence-electron chi connectivity index (χ3n) is 2.81. The Morgan fingerprint density at radius 2 is 2.18 bits per heavy atom. The van der Waals surface area contributed by atoms with Gasteiger partial charge in [0, 0.05) is 18.3 Å². The third kappa shape index (κ3) is 4.18. The fourth-order valence-electron chi connectivity index (χ4n) is 1.83. The Balaban J connectivity index is 2.08. The maximum atomic E-state index is 13.0. The molecular formula is C16H16ClFN2O2. The number of nitrogens with zero attached hydrogens (tertiary/aromatic N) is 1. The number of aromatic nitrogens is 1. The Bertz CT molecular complexity index is 677. The lowest BCUT2D eigenvalue weighted by atomic mass is 10.2. The van der Waals surface area contributed by atoms with Crippen LogP contribution in [0.15, 0.2) is 36.5 Å². The van der Waals surface area contributed by atoms with Gasteiger partial charge in [-0.05, 0) is 38.1 Å². The second kappa shape index (κ2) is 7.22. The van der Waals surface area contributed by atoms with Crippen LogP contribution in [0, 0.1) is 5.82 Å². The predicted molar refractivity (Wildman–Crippen MR) is 82.6 cm³/mol. The fourth-order valence-corrected chi connectivity index (χ4v) is 2.09. The van der Waals surface area contributed by atoms with Crippen molar-refractivity contribution >= 4 is 17.5 Å². The molecular weight excluding hydrogens is 307 g/mol. The zero-order valence-corrected chi connectivity index (χ0v) is 13.0. The first kappa shape index (κ1) is 16.2. The molecule has 0 unspecified atom stereocenters. The van der Waals surface area contributed by atoms with E-state index >= 15 is 0 Å². The molecule has 0 aliphatic carbocycles. The van der Waals surface area contributed by atoms with Gasteiger partial charge in [0.2, 0.25) is 5.88 Å². The SMILES string of the molecule is CC(C)Oc1ncccc1CNC(=O)c1ccc(F)cc1Cl. The van der Waals surface area contributed by atoms with Gasteiger partial charge in [0.1, 0.15) is 5.82 Å². The minimum Gasteiger partial charge on any atom is -0.475 e. The van der Waals surface area contributed by atoms with Gasteiger partial charge in [0.15, 0.2) is 0 Å². The summed E-state index contributed by atoms with van der Waals surface area (Å²) < 4.78 is 18.6. The van der Waals surface area contributed by atoms with Crippen LogP contribution in [0.4, 0.5) is 4.39 Å². The number of hydrogen-bond acceptors (Lipinski definition) is 3. The molecule has 1 amide bonds. The monoisotopic (exact) mass is 322 g/mol. The smallest absolute Gasteiger partial charge is 0.253 e. The van der Waals surface area contributed by atoms with Gasteiger partial charge in [0.25, 0.3) is 5.91 Å². The molecule has 4 nitrogen and oxygen atoms in total. The van der Waals surface area contributed by atoms with Crippen LogP contribution in [-0.4, -0.2) is 17.0 Å². The first-order valence-electron chi connectivity index (χ1n) is 6.81. The number of rotatable bonds is 5. The quantitative estimate of drug-likeness (QED) is 0.915. The summed E-state index contributed by atoms with van der Waals surface area (Å²) in [6.45, 7) is 4.03. The fraction of sp³-hybridized carbons (Fsp3) is 0.250. The van der Waals surface area contributed by atoms with Crippen molar-refractivity contribution in [3.63, 3.8) is 0 Å². The van der Waals surface area contributed by atoms with Crippen LogP contribution in [0.25, 0.3) is 0 Å². The van der Waals surface area contributed by atoms with Gasteiger partial charge in [-0.3, -0.25) is 4.79 Å². The van der Waals surface area contributed by atoms with E-state index in [9.17, 15) is 9.18 Å². The Kier molecular flexibility index (Phi) is 5.33. The Morgan fingerprint density at radius 1 is 1.41 bits per heavy atom. The first-order chi connectivity index (χ1) is 10.5. The van der Waals surface area contributed by atoms with E-state index < -0.39 is 5.82 Å². The molecule has 22 heavy (non-hydrogen) atoms. The topological polar surface area (TPSA) is 51.2 Å². The van der Waals surface area contributed by atoms with Crippen molar-refractivity contribution in [3.8, 4) is 5.88 Å². The molecule has 2 rings (SSSR count). The van der Waals surface area contributed by atoms with E-state index in [1.54, 1.807) is 12.3 Å². The van der Waals surface area contributed by atoms with Crippen molar-refractivity contribution in [2.24, 2.45) is 0 Å². The minimum atomic E-state index is -0.485. The highest BCUT2D eigenvalue weighted by molar-refractivity contribution is 6.33. The summed E-state index contributed by atoms with van der Waals surface area (Å²) in [7, 11) is 0. The molecule has 0 radical (unpaired) electrons. The summed E-state index contributed by atoms with van der Waals surface area (Å²) in [4.78, 5) is 16.3. The van der Waals surface area contributed by atoms with Gasteiger partial charge in [-0.2, -0.15) is 0 Å². The van der Waals surface area contributed by atoms with E-state index in [1.807, 2.05) is 19.9 Å². The van der Waals surface area contributed by atoms with E-state index in [1.165, 1.54) is 12.1 Å². The second-order valence-electron chi connectivity index (χ2n) is 4.94. The summed E-state index contributed by atoms with van der Waals surface area (Å²) >= 11 is 5.87. The molecule has 1 aromatic heterocycles. The number of amides is 1. The van der Waals surface area contributed by atoms with Crippen molar-refractivity contribution in [2.75, 3.05) is 0 Å². The number of pyridine rings is 1. The first-order valence-corrected chi connectivity index (χ1v) is 7.19. The van der Waals surface area contributed by atoms with Crippen molar-refractivity contribution < 1.29 is 13.9 Å². The molecule has 2 aromatic rings. The lowest BCUT2D eigenvalue weighted by molar-refractivity contribution is 0.0950. The average Bonchev–Trinajstić information content (AvgIpc) is 2.45. The van der Waals surface area contributed by atoms with E-state index in [0.29, 0.717) is 5.88 Å². The van der Waals surface area contributed by atoms with Crippen LogP contribution in [0.1, 0.15) is 29.8 Å². The van der Waals surface area contributed by atoms with Crippen LogP contribution in [0.3, 0.4) is 0 Å². The van der Waals surface area contributed by atoms with Crippen LogP contribution in [0.2, 0.25) is 5.02 Å². The molecule has 0 atom stereocenters. The van der Waals surface area contributed by atoms with Crippen molar-refractivity contribution in [1.82, 2.24) is 10.3 Å². The number of halogens is 2. The highest BCUT2D eigenvalue weighted by Gasteiger charge is 2.13. The summed E-state index contributed by atoms with van der Waals surface area (Å²) in [6, 6.07) is 7.23. The van der Waals surface area contributed by atoms with Crippen LogP contribution in [-0.2, 0) is 6.54 Å². The van der Waals surface area contributed by atoms with Gasteiger partial charge in [-0.15, -0.1) is 0 Å². The molecule has 0 saturated heterocycles. The molecule has 6 heteroatoms. The lowest BCUT2D eigenvalue weighted by Crippen LogP contribution is -2.24. The van der Waals surface area contributed by atoms with Crippen molar-refractivity contribution in [2.45, 2.75) is 26.5 Å². The van der Waals surface area contributed by atoms with E-state index in [0.717, 1.165) is 11.6 Å². The van der Waals surface area contributed by atoms with Crippen molar-refractivity contribution in [3.05, 3.63) is 58.5 Å². The molecule has 1 heterocycles. The summed E-state index contributed by atoms with van der Waals surface area (Å²) in [5, 5.41) is 2.79. The molecule has 0 bridgehead atoms. The number of ether oxygens (including phenoxy) is 1. The molecule has 0 aliphatic heterocycles. The minimum absolute atomic E-state index is 0.0177. The Labute approximate surface area is 133 Å². The molecule has 0 fully saturated rings. The molecule has 1 aromatic carbocycles. The normalized spacial score (nSPS) is 10.6. The van der Waals surface area contributed by atoms with Gasteiger partial charge < -0.3 is 10.1 Å². The summed E-state index contributed by atoms with van der Waals surface area (Å²) in [5.74, 6) is -0.395. The number of carbonyl (C=O) groups is 1. The Hall–Kier alpha value is -2.14. The number of hydrogen-bond donors (Lipinski definition) is 1. The molecule has 0 saturated carbocycles. The molecule has 0 aliphatic rings. The summed E-state index contributed by atoms with van der Waals surface area (Å²) in [5.41, 5.74) is 0.973. The van der Waals surface area contributed by atoms with Gasteiger partial charge in [0.05, 0.1) is 16.7 Å². The zero-order chi connectivity index (χ0) is 16.1. The molecule has 0 spiro atoms. The van der Waals surface area contributed by atoms with Gasteiger partial charge in [-0.25, -0.2) is 9.37 Å². The number of carbonyl (C=O) groups excluding carboxylic acids is 1. The number of nitrogens with one attached hydrogen (secondary N) is 1. The maximum Gasteiger partial charge on any atom is 0.253 e. The van der Waals surface area contributed by atoms with Crippen LogP contribution >= 0.6 is 11.6 Å². The van der Waals surface area contributed by atoms with E-state index in [-0.39, 0.29) is 29.1 Å². The zero-order valence-electron chi connectivity index (χ0n) is 12.3. The van der Waals surface area contributed by atoms with E-state index in [2.05, 4.69) is 10.3 Å². The standard InChI is InChI=1S/C16H16ClFN2O2/c1-10(2)22-16-11(4-3-7-19-16)9-20-15(21)13-6-5-12(18)8-14(13)17/h3-8,10H,9H2,1-2H3,(H,20,21). The predicted octanol–water partition coefficient (Wildman–Crippen LogP) is 3.59. The Morgan fingerprint density at radius 3 is 2.86 bits per heavy atom. The number of benzene rings is 1. The largest absolute Gasteiger partial charge is 0.475 e.